The topological polar surface area (TPSA) is 52.6 Å². The number of nitrogens with one attached hydrogen (secondary N) is 1. The second kappa shape index (κ2) is 7.85. The molecule has 4 heteroatoms. The molecule has 0 radical (unpaired) electrons. The molecule has 0 atom stereocenters. The molecule has 0 spiro atoms. The van der Waals surface area contributed by atoms with Gasteiger partial charge >= 0.3 is 0 Å². The smallest absolute Gasteiger partial charge is 0.234 e. The normalized spacial score (nSPS) is 17.1. The summed E-state index contributed by atoms with van der Waals surface area (Å²) in [6.07, 6.45) is 5.46. The van der Waals surface area contributed by atoms with E-state index in [1.54, 1.807) is 0 Å². The standard InChI is InChI=1S/C15H30N2O2/c1-15(2,3)12-17(9-6-10-18)11-14(19)16-13-7-4-5-8-13/h13,18H,4-12H2,1-3H3,(H,16,19). The van der Waals surface area contributed by atoms with Gasteiger partial charge in [0.05, 0.1) is 6.54 Å². The lowest BCUT2D eigenvalue weighted by molar-refractivity contribution is -0.123. The first-order valence-electron chi connectivity index (χ1n) is 7.53. The van der Waals surface area contributed by atoms with Gasteiger partial charge in [-0.1, -0.05) is 33.6 Å². The largest absolute Gasteiger partial charge is 0.396 e. The van der Waals surface area contributed by atoms with Crippen LogP contribution in [0, 0.1) is 5.41 Å². The number of hydrogen-bond acceptors (Lipinski definition) is 3. The molecule has 1 aliphatic rings. The number of carbonyl (C=O) groups is 1. The van der Waals surface area contributed by atoms with Gasteiger partial charge < -0.3 is 10.4 Å². The molecule has 0 aromatic rings. The zero-order chi connectivity index (χ0) is 14.3. The Hall–Kier alpha value is -0.610. The summed E-state index contributed by atoms with van der Waals surface area (Å²) in [7, 11) is 0. The maximum Gasteiger partial charge on any atom is 0.234 e. The van der Waals surface area contributed by atoms with E-state index in [4.69, 9.17) is 5.11 Å². The van der Waals surface area contributed by atoms with Crippen molar-refractivity contribution < 1.29 is 9.90 Å². The van der Waals surface area contributed by atoms with E-state index < -0.39 is 0 Å². The van der Waals surface area contributed by atoms with E-state index >= 15 is 0 Å². The van der Waals surface area contributed by atoms with Gasteiger partial charge in [-0.05, 0) is 24.7 Å². The average molecular weight is 270 g/mol. The molecule has 112 valence electrons. The molecule has 1 saturated carbocycles. The van der Waals surface area contributed by atoms with Gasteiger partial charge in [0.25, 0.3) is 0 Å². The van der Waals surface area contributed by atoms with Crippen molar-refractivity contribution in [2.45, 2.75) is 58.9 Å². The summed E-state index contributed by atoms with van der Waals surface area (Å²) in [5, 5.41) is 12.1. The zero-order valence-corrected chi connectivity index (χ0v) is 12.7. The molecule has 0 bridgehead atoms. The Balaban J connectivity index is 2.38. The molecule has 0 aromatic heterocycles. The molecule has 19 heavy (non-hydrogen) atoms. The molecule has 0 unspecified atom stereocenters. The molecule has 1 amide bonds. The lowest BCUT2D eigenvalue weighted by Gasteiger charge is -2.29. The van der Waals surface area contributed by atoms with E-state index in [1.807, 2.05) is 0 Å². The summed E-state index contributed by atoms with van der Waals surface area (Å²) in [5.41, 5.74) is 0.170. The Kier molecular flexibility index (Phi) is 6.80. The number of rotatable bonds is 7. The van der Waals surface area contributed by atoms with Gasteiger partial charge in [-0.15, -0.1) is 0 Å². The molecule has 4 nitrogen and oxygen atoms in total. The average Bonchev–Trinajstić information content (AvgIpc) is 2.76. The number of aliphatic hydroxyl groups excluding tert-OH is 1. The molecule has 0 saturated heterocycles. The summed E-state index contributed by atoms with van der Waals surface area (Å²) in [6, 6.07) is 0.391. The second-order valence-electron chi connectivity index (χ2n) is 6.90. The maximum absolute atomic E-state index is 12.0. The summed E-state index contributed by atoms with van der Waals surface area (Å²) in [4.78, 5) is 14.2. The van der Waals surface area contributed by atoms with E-state index in [-0.39, 0.29) is 17.9 Å². The third kappa shape index (κ3) is 7.53. The fourth-order valence-electron chi connectivity index (χ4n) is 2.73. The van der Waals surface area contributed by atoms with Crippen LogP contribution in [0.3, 0.4) is 0 Å². The Morgan fingerprint density at radius 1 is 1.32 bits per heavy atom. The summed E-state index contributed by atoms with van der Waals surface area (Å²) >= 11 is 0. The highest BCUT2D eigenvalue weighted by molar-refractivity contribution is 5.78. The predicted octanol–water partition coefficient (Wildman–Crippen LogP) is 1.78. The maximum atomic E-state index is 12.0. The molecule has 1 aliphatic carbocycles. The lowest BCUT2D eigenvalue weighted by Crippen LogP contribution is -2.44. The fraction of sp³-hybridized carbons (Fsp3) is 0.933. The molecule has 0 aliphatic heterocycles. The molecule has 0 aromatic carbocycles. The van der Waals surface area contributed by atoms with Gasteiger partial charge in [0, 0.05) is 25.7 Å². The molecular weight excluding hydrogens is 240 g/mol. The van der Waals surface area contributed by atoms with Crippen LogP contribution in [0.5, 0.6) is 0 Å². The predicted molar refractivity (Wildman–Crippen MR) is 78.0 cm³/mol. The number of amides is 1. The Morgan fingerprint density at radius 2 is 1.95 bits per heavy atom. The van der Waals surface area contributed by atoms with Crippen LogP contribution in [0.15, 0.2) is 0 Å². The first kappa shape index (κ1) is 16.4. The minimum Gasteiger partial charge on any atom is -0.396 e. The van der Waals surface area contributed by atoms with E-state index in [0.29, 0.717) is 12.6 Å². The zero-order valence-electron chi connectivity index (χ0n) is 12.7. The quantitative estimate of drug-likeness (QED) is 0.741. The van der Waals surface area contributed by atoms with E-state index in [2.05, 4.69) is 31.0 Å². The lowest BCUT2D eigenvalue weighted by atomic mass is 9.96. The molecule has 1 rings (SSSR count). The summed E-state index contributed by atoms with van der Waals surface area (Å²) in [6.45, 7) is 8.82. The van der Waals surface area contributed by atoms with Crippen molar-refractivity contribution in [3.8, 4) is 0 Å². The minimum atomic E-state index is 0.133. The summed E-state index contributed by atoms with van der Waals surface area (Å²) in [5.74, 6) is 0.133. The first-order valence-corrected chi connectivity index (χ1v) is 7.53. The van der Waals surface area contributed by atoms with Crippen molar-refractivity contribution in [1.29, 1.82) is 0 Å². The van der Waals surface area contributed by atoms with Crippen molar-refractivity contribution in [3.05, 3.63) is 0 Å². The first-order chi connectivity index (χ1) is 8.90. The third-order valence-electron chi connectivity index (χ3n) is 3.42. The van der Waals surface area contributed by atoms with Crippen LogP contribution in [0.25, 0.3) is 0 Å². The molecule has 2 N–H and O–H groups in total. The van der Waals surface area contributed by atoms with Crippen LogP contribution in [-0.4, -0.2) is 48.2 Å². The van der Waals surface area contributed by atoms with Crippen molar-refractivity contribution in [2.24, 2.45) is 5.41 Å². The van der Waals surface area contributed by atoms with Crippen molar-refractivity contribution in [1.82, 2.24) is 10.2 Å². The van der Waals surface area contributed by atoms with E-state index in [9.17, 15) is 4.79 Å². The molecular formula is C15H30N2O2. The van der Waals surface area contributed by atoms with Crippen molar-refractivity contribution in [2.75, 3.05) is 26.2 Å². The van der Waals surface area contributed by atoms with Crippen LogP contribution in [0.4, 0.5) is 0 Å². The van der Waals surface area contributed by atoms with Crippen LogP contribution < -0.4 is 5.32 Å². The van der Waals surface area contributed by atoms with E-state index in [1.165, 1.54) is 12.8 Å². The Bertz CT molecular complexity index is 268. The molecule has 0 heterocycles. The highest BCUT2D eigenvalue weighted by atomic mass is 16.3. The SMILES string of the molecule is CC(C)(C)CN(CCCO)CC(=O)NC1CCCC1. The number of nitrogens with zero attached hydrogens (tertiary/aromatic N) is 1. The van der Waals surface area contributed by atoms with Crippen LogP contribution in [0.1, 0.15) is 52.9 Å². The van der Waals surface area contributed by atoms with Gasteiger partial charge in [-0.3, -0.25) is 9.69 Å². The van der Waals surface area contributed by atoms with Crippen LogP contribution >= 0.6 is 0 Å². The van der Waals surface area contributed by atoms with Crippen LogP contribution in [0.2, 0.25) is 0 Å². The number of hydrogen-bond donors (Lipinski definition) is 2. The van der Waals surface area contributed by atoms with Gasteiger partial charge in [-0.2, -0.15) is 0 Å². The monoisotopic (exact) mass is 270 g/mol. The van der Waals surface area contributed by atoms with Gasteiger partial charge in [0.1, 0.15) is 0 Å². The van der Waals surface area contributed by atoms with Crippen molar-refractivity contribution >= 4 is 5.91 Å². The Labute approximate surface area is 117 Å². The molecule has 1 fully saturated rings. The van der Waals surface area contributed by atoms with Gasteiger partial charge in [0.15, 0.2) is 0 Å². The van der Waals surface area contributed by atoms with Crippen molar-refractivity contribution in [3.63, 3.8) is 0 Å². The number of aliphatic hydroxyl groups is 1. The van der Waals surface area contributed by atoms with E-state index in [0.717, 1.165) is 32.4 Å². The van der Waals surface area contributed by atoms with Crippen LogP contribution in [-0.2, 0) is 4.79 Å². The van der Waals surface area contributed by atoms with Gasteiger partial charge in [0.2, 0.25) is 5.91 Å². The summed E-state index contributed by atoms with van der Waals surface area (Å²) < 4.78 is 0. The highest BCUT2D eigenvalue weighted by Crippen LogP contribution is 2.18. The second-order valence-corrected chi connectivity index (χ2v) is 6.90. The highest BCUT2D eigenvalue weighted by Gasteiger charge is 2.21. The minimum absolute atomic E-state index is 0.133. The fourth-order valence-corrected chi connectivity index (χ4v) is 2.73. The third-order valence-corrected chi connectivity index (χ3v) is 3.42. The van der Waals surface area contributed by atoms with Gasteiger partial charge in [-0.25, -0.2) is 0 Å². The Morgan fingerprint density at radius 3 is 2.47 bits per heavy atom. The number of carbonyl (C=O) groups excluding carboxylic acids is 1.